The predicted octanol–water partition coefficient (Wildman–Crippen LogP) is 6.67. The van der Waals surface area contributed by atoms with Crippen LogP contribution in [0.1, 0.15) is 53.6 Å². The summed E-state index contributed by atoms with van der Waals surface area (Å²) >= 11 is 0. The number of hydrogen-bond donors (Lipinski definition) is 1. The summed E-state index contributed by atoms with van der Waals surface area (Å²) in [5.74, 6) is -0.754. The van der Waals surface area contributed by atoms with E-state index in [4.69, 9.17) is 0 Å². The minimum Gasteiger partial charge on any atom is -0.352 e. The highest BCUT2D eigenvalue weighted by atomic mass is 32.2. The molecule has 242 valence electrons. The van der Waals surface area contributed by atoms with Crippen LogP contribution in [0.2, 0.25) is 0 Å². The van der Waals surface area contributed by atoms with Gasteiger partial charge in [-0.1, -0.05) is 102 Å². The Morgan fingerprint density at radius 3 is 2.02 bits per heavy atom. The molecule has 0 saturated heterocycles. The van der Waals surface area contributed by atoms with Crippen molar-refractivity contribution in [1.82, 2.24) is 10.2 Å². The van der Waals surface area contributed by atoms with E-state index in [1.807, 2.05) is 108 Å². The zero-order valence-corrected chi connectivity index (χ0v) is 28.5. The van der Waals surface area contributed by atoms with Crippen molar-refractivity contribution in [2.24, 2.45) is 0 Å². The van der Waals surface area contributed by atoms with Crippen LogP contribution in [0, 0.1) is 27.7 Å². The third-order valence-electron chi connectivity index (χ3n) is 8.22. The average Bonchev–Trinajstić information content (AvgIpc) is 3.02. The standard InChI is InChI=1S/C38H45N3O4S/c1-7-31(6)39-38(43)36(24-32-13-9-8-10-14-32)40(25-33-15-11-12-28(3)23-33)37(42)26-41(35-21-18-29(4)22-30(35)5)46(44,45)34-19-16-27(2)17-20-34/h8-23,31,36H,7,24-26H2,1-6H3,(H,39,43)/t31-,36-/m1/s1. The molecule has 0 aliphatic heterocycles. The number of benzene rings is 4. The van der Waals surface area contributed by atoms with Gasteiger partial charge in [-0.15, -0.1) is 0 Å². The second-order valence-corrected chi connectivity index (χ2v) is 14.0. The van der Waals surface area contributed by atoms with E-state index in [1.54, 1.807) is 35.2 Å². The summed E-state index contributed by atoms with van der Waals surface area (Å²) in [6, 6.07) is 28.5. The monoisotopic (exact) mass is 639 g/mol. The van der Waals surface area contributed by atoms with Crippen molar-refractivity contribution in [1.29, 1.82) is 0 Å². The van der Waals surface area contributed by atoms with E-state index >= 15 is 0 Å². The zero-order valence-electron chi connectivity index (χ0n) is 27.7. The largest absolute Gasteiger partial charge is 0.352 e. The molecule has 0 heterocycles. The SMILES string of the molecule is CC[C@@H](C)NC(=O)[C@@H](Cc1ccccc1)N(Cc1cccc(C)c1)C(=O)CN(c1ccc(C)cc1C)S(=O)(=O)c1ccc(C)cc1. The van der Waals surface area contributed by atoms with Gasteiger partial charge in [-0.3, -0.25) is 13.9 Å². The molecular weight excluding hydrogens is 595 g/mol. The summed E-state index contributed by atoms with van der Waals surface area (Å²) < 4.78 is 29.8. The van der Waals surface area contributed by atoms with Gasteiger partial charge in [0.05, 0.1) is 10.6 Å². The van der Waals surface area contributed by atoms with Crippen molar-refractivity contribution in [2.75, 3.05) is 10.8 Å². The lowest BCUT2D eigenvalue weighted by molar-refractivity contribution is -0.140. The normalized spacial score (nSPS) is 12.7. The summed E-state index contributed by atoms with van der Waals surface area (Å²) in [6.45, 7) is 11.2. The molecule has 8 heteroatoms. The molecule has 4 rings (SSSR count). The topological polar surface area (TPSA) is 86.8 Å². The summed E-state index contributed by atoms with van der Waals surface area (Å²) in [6.07, 6.45) is 1.000. The second kappa shape index (κ2) is 15.2. The number of amides is 2. The lowest BCUT2D eigenvalue weighted by Gasteiger charge is -2.34. The molecule has 46 heavy (non-hydrogen) atoms. The molecule has 1 N–H and O–H groups in total. The van der Waals surface area contributed by atoms with Gasteiger partial charge >= 0.3 is 0 Å². The number of rotatable bonds is 13. The molecular formula is C38H45N3O4S. The van der Waals surface area contributed by atoms with E-state index in [2.05, 4.69) is 5.32 Å². The van der Waals surface area contributed by atoms with Gasteiger partial charge in [0.25, 0.3) is 10.0 Å². The molecule has 4 aromatic rings. The average molecular weight is 640 g/mol. The van der Waals surface area contributed by atoms with Gasteiger partial charge in [0, 0.05) is 19.0 Å². The minimum absolute atomic E-state index is 0.0893. The summed E-state index contributed by atoms with van der Waals surface area (Å²) in [5, 5.41) is 3.08. The lowest BCUT2D eigenvalue weighted by Crippen LogP contribution is -2.54. The molecule has 0 bridgehead atoms. The Balaban J connectivity index is 1.83. The molecule has 2 atom stereocenters. The molecule has 0 unspecified atom stereocenters. The van der Waals surface area contributed by atoms with Gasteiger partial charge in [0.15, 0.2) is 0 Å². The summed E-state index contributed by atoms with van der Waals surface area (Å²) in [7, 11) is -4.16. The van der Waals surface area contributed by atoms with Gasteiger partial charge in [-0.2, -0.15) is 0 Å². The Labute approximate surface area is 274 Å². The fourth-order valence-electron chi connectivity index (χ4n) is 5.44. The Morgan fingerprint density at radius 2 is 1.39 bits per heavy atom. The summed E-state index contributed by atoms with van der Waals surface area (Å²) in [5.41, 5.74) is 5.81. The Kier molecular flexibility index (Phi) is 11.4. The van der Waals surface area contributed by atoms with E-state index in [0.29, 0.717) is 5.69 Å². The quantitative estimate of drug-likeness (QED) is 0.177. The van der Waals surface area contributed by atoms with E-state index in [9.17, 15) is 18.0 Å². The maximum absolute atomic E-state index is 14.7. The van der Waals surface area contributed by atoms with Crippen LogP contribution >= 0.6 is 0 Å². The van der Waals surface area contributed by atoms with Crippen LogP contribution in [0.3, 0.4) is 0 Å². The van der Waals surface area contributed by atoms with Crippen LogP contribution in [0.25, 0.3) is 0 Å². The fraction of sp³-hybridized carbons (Fsp3) is 0.316. The van der Waals surface area contributed by atoms with Crippen LogP contribution < -0.4 is 9.62 Å². The van der Waals surface area contributed by atoms with E-state index in [0.717, 1.165) is 39.8 Å². The second-order valence-electron chi connectivity index (χ2n) is 12.1. The molecule has 0 fully saturated rings. The van der Waals surface area contributed by atoms with Gasteiger partial charge in [0.1, 0.15) is 12.6 Å². The first kappa shape index (κ1) is 34.4. The Bertz CT molecular complexity index is 1750. The van der Waals surface area contributed by atoms with Gasteiger partial charge < -0.3 is 10.2 Å². The third kappa shape index (κ3) is 8.63. The molecule has 2 amide bonds. The van der Waals surface area contributed by atoms with Crippen molar-refractivity contribution in [3.63, 3.8) is 0 Å². The lowest BCUT2D eigenvalue weighted by atomic mass is 10.0. The number of carbonyl (C=O) groups excluding carboxylic acids is 2. The van der Waals surface area contributed by atoms with Crippen molar-refractivity contribution >= 4 is 27.5 Å². The van der Waals surface area contributed by atoms with Crippen LogP contribution in [-0.4, -0.2) is 43.8 Å². The minimum atomic E-state index is -4.16. The van der Waals surface area contributed by atoms with Crippen LogP contribution in [0.4, 0.5) is 5.69 Å². The molecule has 0 radical (unpaired) electrons. The van der Waals surface area contributed by atoms with Crippen molar-refractivity contribution in [3.8, 4) is 0 Å². The highest BCUT2D eigenvalue weighted by Crippen LogP contribution is 2.29. The number of nitrogens with zero attached hydrogens (tertiary/aromatic N) is 2. The molecule has 0 aromatic heterocycles. The maximum atomic E-state index is 14.7. The molecule has 0 saturated carbocycles. The molecule has 0 spiro atoms. The van der Waals surface area contributed by atoms with Gasteiger partial charge in [0.2, 0.25) is 11.8 Å². The smallest absolute Gasteiger partial charge is 0.264 e. The number of carbonyl (C=O) groups is 2. The number of nitrogens with one attached hydrogen (secondary N) is 1. The fourth-order valence-corrected chi connectivity index (χ4v) is 6.92. The van der Waals surface area contributed by atoms with E-state index in [-0.39, 0.29) is 29.8 Å². The third-order valence-corrected chi connectivity index (χ3v) is 9.99. The number of hydrogen-bond acceptors (Lipinski definition) is 4. The zero-order chi connectivity index (χ0) is 33.4. The Hall–Kier alpha value is -4.43. The highest BCUT2D eigenvalue weighted by molar-refractivity contribution is 7.92. The maximum Gasteiger partial charge on any atom is 0.264 e. The number of anilines is 1. The van der Waals surface area contributed by atoms with Gasteiger partial charge in [-0.25, -0.2) is 8.42 Å². The van der Waals surface area contributed by atoms with E-state index < -0.39 is 28.5 Å². The van der Waals surface area contributed by atoms with Crippen LogP contribution in [0.5, 0.6) is 0 Å². The first-order chi connectivity index (χ1) is 21.9. The first-order valence-corrected chi connectivity index (χ1v) is 17.2. The van der Waals surface area contributed by atoms with Crippen molar-refractivity contribution < 1.29 is 18.0 Å². The highest BCUT2D eigenvalue weighted by Gasteiger charge is 2.35. The first-order valence-electron chi connectivity index (χ1n) is 15.7. The number of sulfonamides is 1. The van der Waals surface area contributed by atoms with Gasteiger partial charge in [-0.05, 0) is 75.9 Å². The van der Waals surface area contributed by atoms with Crippen LogP contribution in [-0.2, 0) is 32.6 Å². The summed E-state index contributed by atoms with van der Waals surface area (Å²) in [4.78, 5) is 30.3. The molecule has 0 aliphatic rings. The Morgan fingerprint density at radius 1 is 0.761 bits per heavy atom. The van der Waals surface area contributed by atoms with Crippen LogP contribution in [0.15, 0.2) is 102 Å². The molecule has 4 aromatic carbocycles. The van der Waals surface area contributed by atoms with Crippen molar-refractivity contribution in [2.45, 2.75) is 77.9 Å². The predicted molar refractivity (Wildman–Crippen MR) is 185 cm³/mol. The molecule has 0 aliphatic carbocycles. The number of aryl methyl sites for hydroxylation is 4. The van der Waals surface area contributed by atoms with Crippen molar-refractivity contribution in [3.05, 3.63) is 130 Å². The van der Waals surface area contributed by atoms with E-state index in [1.165, 1.54) is 4.31 Å². The molecule has 7 nitrogen and oxygen atoms in total.